The minimum Gasteiger partial charge on any atom is -0.398 e. The fraction of sp³-hybridized carbons (Fsp3) is 0.250. The lowest BCUT2D eigenvalue weighted by Gasteiger charge is -2.29. The van der Waals surface area contributed by atoms with Crippen LogP contribution in [0.5, 0.6) is 0 Å². The number of fused-ring (bicyclic) bond motifs is 1. The monoisotopic (exact) mass is 260 g/mol. The van der Waals surface area contributed by atoms with Crippen LogP contribution in [0.15, 0.2) is 23.6 Å². The Labute approximate surface area is 108 Å². The van der Waals surface area contributed by atoms with Crippen LogP contribution < -0.4 is 10.6 Å². The second-order valence-electron chi connectivity index (χ2n) is 4.20. The molecule has 5 nitrogen and oxygen atoms in total. The maximum Gasteiger partial charge on any atom is 0.279 e. The molecule has 6 heteroatoms. The molecule has 0 saturated carbocycles. The Hall–Kier alpha value is -1.95. The van der Waals surface area contributed by atoms with E-state index < -0.39 is 0 Å². The van der Waals surface area contributed by atoms with Gasteiger partial charge in [0.1, 0.15) is 0 Å². The Morgan fingerprint density at radius 2 is 2.33 bits per heavy atom. The number of nitrogens with zero attached hydrogens (tertiary/aromatic N) is 3. The molecule has 3 rings (SSSR count). The zero-order valence-electron chi connectivity index (χ0n) is 9.67. The zero-order valence-corrected chi connectivity index (χ0v) is 10.5. The number of rotatable bonds is 1. The first-order chi connectivity index (χ1) is 8.77. The second kappa shape index (κ2) is 4.38. The van der Waals surface area contributed by atoms with Crippen molar-refractivity contribution in [3.05, 3.63) is 34.8 Å². The number of carbonyl (C=O) groups is 1. The molecule has 2 N–H and O–H groups in total. The van der Waals surface area contributed by atoms with Crippen LogP contribution in [0, 0.1) is 0 Å². The lowest BCUT2D eigenvalue weighted by molar-refractivity contribution is 0.0980. The highest BCUT2D eigenvalue weighted by Crippen LogP contribution is 2.31. The Kier molecular flexibility index (Phi) is 2.71. The Morgan fingerprint density at radius 3 is 3.11 bits per heavy atom. The summed E-state index contributed by atoms with van der Waals surface area (Å²) in [5.41, 5.74) is 9.07. The van der Waals surface area contributed by atoms with Crippen molar-refractivity contribution >= 4 is 28.8 Å². The molecule has 92 valence electrons. The molecule has 0 spiro atoms. The minimum absolute atomic E-state index is 0.102. The van der Waals surface area contributed by atoms with Crippen molar-refractivity contribution in [1.29, 1.82) is 0 Å². The predicted molar refractivity (Wildman–Crippen MR) is 70.8 cm³/mol. The van der Waals surface area contributed by atoms with Gasteiger partial charge in [-0.15, -0.1) is 5.10 Å². The van der Waals surface area contributed by atoms with E-state index in [9.17, 15) is 4.79 Å². The molecule has 0 radical (unpaired) electrons. The van der Waals surface area contributed by atoms with E-state index in [0.29, 0.717) is 12.2 Å². The van der Waals surface area contributed by atoms with Gasteiger partial charge in [0.15, 0.2) is 5.69 Å². The summed E-state index contributed by atoms with van der Waals surface area (Å²) in [7, 11) is 0. The van der Waals surface area contributed by atoms with Crippen molar-refractivity contribution in [3.8, 4) is 0 Å². The van der Waals surface area contributed by atoms with Gasteiger partial charge in [0, 0.05) is 23.3 Å². The van der Waals surface area contributed by atoms with Crippen molar-refractivity contribution in [2.24, 2.45) is 0 Å². The Bertz CT molecular complexity index is 582. The fourth-order valence-electron chi connectivity index (χ4n) is 2.26. The second-order valence-corrected chi connectivity index (χ2v) is 4.81. The van der Waals surface area contributed by atoms with E-state index in [2.05, 4.69) is 9.59 Å². The molecule has 1 aliphatic heterocycles. The summed E-state index contributed by atoms with van der Waals surface area (Å²) in [4.78, 5) is 14.1. The van der Waals surface area contributed by atoms with Crippen LogP contribution in [0.3, 0.4) is 0 Å². The number of benzene rings is 1. The number of aromatic nitrogens is 2. The maximum absolute atomic E-state index is 12.3. The smallest absolute Gasteiger partial charge is 0.279 e. The van der Waals surface area contributed by atoms with Crippen LogP contribution in [0.2, 0.25) is 0 Å². The lowest BCUT2D eigenvalue weighted by atomic mass is 9.99. The number of anilines is 2. The van der Waals surface area contributed by atoms with Gasteiger partial charge in [0.2, 0.25) is 0 Å². The van der Waals surface area contributed by atoms with E-state index in [0.717, 1.165) is 29.8 Å². The average molecular weight is 260 g/mol. The van der Waals surface area contributed by atoms with E-state index in [1.165, 1.54) is 11.5 Å². The number of nitrogen functional groups attached to an aromatic ring is 1. The molecule has 0 saturated heterocycles. The van der Waals surface area contributed by atoms with Crippen LogP contribution in [0.1, 0.15) is 22.5 Å². The van der Waals surface area contributed by atoms with E-state index in [4.69, 9.17) is 5.73 Å². The standard InChI is InChI=1S/C12H12N4OS/c13-9-4-1-5-11-8(9)3-2-6-16(11)12(17)10-7-18-15-14-10/h1,4-5,7H,2-3,6,13H2. The minimum atomic E-state index is -0.102. The van der Waals surface area contributed by atoms with E-state index in [1.54, 1.807) is 10.3 Å². The number of hydrogen-bond acceptors (Lipinski definition) is 5. The van der Waals surface area contributed by atoms with Crippen molar-refractivity contribution in [3.63, 3.8) is 0 Å². The summed E-state index contributed by atoms with van der Waals surface area (Å²) in [6.07, 6.45) is 1.84. The molecular weight excluding hydrogens is 248 g/mol. The predicted octanol–water partition coefficient (Wildman–Crippen LogP) is 1.71. The van der Waals surface area contributed by atoms with Gasteiger partial charge in [-0.3, -0.25) is 4.79 Å². The van der Waals surface area contributed by atoms with Crippen LogP contribution >= 0.6 is 11.5 Å². The molecule has 0 aliphatic carbocycles. The van der Waals surface area contributed by atoms with Gasteiger partial charge in [-0.05, 0) is 42.1 Å². The zero-order chi connectivity index (χ0) is 12.5. The van der Waals surface area contributed by atoms with Crippen molar-refractivity contribution < 1.29 is 4.79 Å². The topological polar surface area (TPSA) is 72.1 Å². The summed E-state index contributed by atoms with van der Waals surface area (Å²) in [6.45, 7) is 0.701. The molecule has 1 aliphatic rings. The average Bonchev–Trinajstić information content (AvgIpc) is 2.92. The Balaban J connectivity index is 2.02. The van der Waals surface area contributed by atoms with Crippen molar-refractivity contribution in [1.82, 2.24) is 9.59 Å². The molecule has 1 aromatic carbocycles. The molecule has 1 aromatic heterocycles. The van der Waals surface area contributed by atoms with E-state index >= 15 is 0 Å². The quantitative estimate of drug-likeness (QED) is 0.792. The highest BCUT2D eigenvalue weighted by atomic mass is 32.1. The first kappa shape index (κ1) is 11.2. The molecular formula is C12H12N4OS. The number of carbonyl (C=O) groups excluding carboxylic acids is 1. The molecule has 18 heavy (non-hydrogen) atoms. The summed E-state index contributed by atoms with van der Waals surface area (Å²) >= 11 is 1.18. The summed E-state index contributed by atoms with van der Waals surface area (Å²) < 4.78 is 3.73. The molecule has 2 aromatic rings. The number of hydrogen-bond donors (Lipinski definition) is 1. The molecule has 2 heterocycles. The molecule has 0 bridgehead atoms. The van der Waals surface area contributed by atoms with Gasteiger partial charge in [-0.2, -0.15) is 0 Å². The molecule has 0 atom stereocenters. The van der Waals surface area contributed by atoms with Gasteiger partial charge in [0.25, 0.3) is 5.91 Å². The van der Waals surface area contributed by atoms with Crippen LogP contribution in [-0.4, -0.2) is 22.0 Å². The fourth-order valence-corrected chi connectivity index (χ4v) is 2.69. The Morgan fingerprint density at radius 1 is 1.44 bits per heavy atom. The van der Waals surface area contributed by atoms with Gasteiger partial charge >= 0.3 is 0 Å². The first-order valence-corrected chi connectivity index (χ1v) is 6.57. The molecule has 0 fully saturated rings. The third kappa shape index (κ3) is 1.74. The summed E-state index contributed by atoms with van der Waals surface area (Å²) in [5.74, 6) is -0.102. The third-order valence-corrected chi connectivity index (χ3v) is 3.62. The largest absolute Gasteiger partial charge is 0.398 e. The third-order valence-electron chi connectivity index (χ3n) is 3.11. The van der Waals surface area contributed by atoms with Crippen molar-refractivity contribution in [2.45, 2.75) is 12.8 Å². The number of amides is 1. The van der Waals surface area contributed by atoms with Gasteiger partial charge in [-0.1, -0.05) is 10.6 Å². The van der Waals surface area contributed by atoms with Crippen LogP contribution in [0.25, 0.3) is 0 Å². The van der Waals surface area contributed by atoms with Gasteiger partial charge in [0.05, 0.1) is 0 Å². The molecule has 0 unspecified atom stereocenters. The van der Waals surface area contributed by atoms with Crippen LogP contribution in [-0.2, 0) is 6.42 Å². The summed E-state index contributed by atoms with van der Waals surface area (Å²) in [5, 5.41) is 5.50. The van der Waals surface area contributed by atoms with Gasteiger partial charge in [-0.25, -0.2) is 0 Å². The first-order valence-electron chi connectivity index (χ1n) is 5.73. The summed E-state index contributed by atoms with van der Waals surface area (Å²) in [6, 6.07) is 5.68. The maximum atomic E-state index is 12.3. The van der Waals surface area contributed by atoms with Gasteiger partial charge < -0.3 is 10.6 Å². The lowest BCUT2D eigenvalue weighted by Crippen LogP contribution is -2.36. The normalized spacial score (nSPS) is 14.3. The van der Waals surface area contributed by atoms with E-state index in [-0.39, 0.29) is 5.91 Å². The highest BCUT2D eigenvalue weighted by molar-refractivity contribution is 7.03. The highest BCUT2D eigenvalue weighted by Gasteiger charge is 2.25. The van der Waals surface area contributed by atoms with Crippen molar-refractivity contribution in [2.75, 3.05) is 17.2 Å². The van der Waals surface area contributed by atoms with Crippen LogP contribution in [0.4, 0.5) is 11.4 Å². The number of nitrogens with two attached hydrogens (primary N) is 1. The molecule has 1 amide bonds. The van der Waals surface area contributed by atoms with E-state index in [1.807, 2.05) is 18.2 Å². The SMILES string of the molecule is Nc1cccc2c1CCCN2C(=O)c1csnn1.